The molecule has 0 fully saturated rings. The Kier molecular flexibility index (Phi) is 3.30. The summed E-state index contributed by atoms with van der Waals surface area (Å²) in [5.41, 5.74) is 5.44. The van der Waals surface area contributed by atoms with Crippen molar-refractivity contribution >= 4 is 10.9 Å². The van der Waals surface area contributed by atoms with Crippen molar-refractivity contribution in [3.8, 4) is 0 Å². The van der Waals surface area contributed by atoms with Crippen LogP contribution >= 0.6 is 0 Å². The summed E-state index contributed by atoms with van der Waals surface area (Å²) >= 11 is 0. The summed E-state index contributed by atoms with van der Waals surface area (Å²) in [6.45, 7) is 5.42. The van der Waals surface area contributed by atoms with Crippen LogP contribution in [0, 0.1) is 13.8 Å². The van der Waals surface area contributed by atoms with Crippen LogP contribution in [0.25, 0.3) is 10.9 Å². The maximum atomic E-state index is 3.50. The average Bonchev–Trinajstić information content (AvgIpc) is 2.58. The Labute approximate surface area is 97.1 Å². The summed E-state index contributed by atoms with van der Waals surface area (Å²) in [7, 11) is 2.01. The molecule has 0 radical (unpaired) electrons. The van der Waals surface area contributed by atoms with Gasteiger partial charge in [-0.2, -0.15) is 0 Å². The highest BCUT2D eigenvalue weighted by atomic mass is 14.8. The highest BCUT2D eigenvalue weighted by molar-refractivity contribution is 5.87. The molecule has 0 aliphatic carbocycles. The molecule has 0 atom stereocenters. The zero-order valence-corrected chi connectivity index (χ0v) is 10.4. The first-order valence-electron chi connectivity index (χ1n) is 5.95. The summed E-state index contributed by atoms with van der Waals surface area (Å²) in [5.74, 6) is 0. The van der Waals surface area contributed by atoms with E-state index < -0.39 is 0 Å². The molecule has 1 aromatic heterocycles. The topological polar surface area (TPSA) is 27.8 Å². The molecule has 0 unspecified atom stereocenters. The number of nitrogens with one attached hydrogen (secondary N) is 2. The Morgan fingerprint density at radius 3 is 2.81 bits per heavy atom. The fraction of sp³-hybridized carbons (Fsp3) is 0.429. The lowest BCUT2D eigenvalue weighted by atomic mass is 10.0. The first kappa shape index (κ1) is 11.2. The van der Waals surface area contributed by atoms with Gasteiger partial charge in [0.1, 0.15) is 0 Å². The van der Waals surface area contributed by atoms with Crippen LogP contribution in [-0.4, -0.2) is 18.6 Å². The van der Waals surface area contributed by atoms with Crippen LogP contribution in [0.15, 0.2) is 18.2 Å². The SMILES string of the molecule is CNCCCc1c(C)[nH]c2c(C)cccc12. The smallest absolute Gasteiger partial charge is 0.0488 e. The lowest BCUT2D eigenvalue weighted by Crippen LogP contribution is -2.08. The number of para-hydroxylation sites is 1. The quantitative estimate of drug-likeness (QED) is 0.756. The Hall–Kier alpha value is -1.28. The molecule has 2 aromatic rings. The molecule has 2 rings (SSSR count). The van der Waals surface area contributed by atoms with Gasteiger partial charge in [0.05, 0.1) is 0 Å². The summed E-state index contributed by atoms with van der Waals surface area (Å²) < 4.78 is 0. The van der Waals surface area contributed by atoms with E-state index in [1.54, 1.807) is 0 Å². The van der Waals surface area contributed by atoms with Crippen molar-refractivity contribution in [3.63, 3.8) is 0 Å². The monoisotopic (exact) mass is 216 g/mol. The van der Waals surface area contributed by atoms with Crippen LogP contribution in [0.5, 0.6) is 0 Å². The molecular formula is C14H20N2. The second kappa shape index (κ2) is 4.71. The number of hydrogen-bond acceptors (Lipinski definition) is 1. The van der Waals surface area contributed by atoms with E-state index in [0.717, 1.165) is 13.0 Å². The molecule has 1 aromatic carbocycles. The zero-order chi connectivity index (χ0) is 11.5. The highest BCUT2D eigenvalue weighted by Crippen LogP contribution is 2.25. The van der Waals surface area contributed by atoms with Gasteiger partial charge in [-0.15, -0.1) is 0 Å². The molecule has 86 valence electrons. The van der Waals surface area contributed by atoms with E-state index in [0.29, 0.717) is 0 Å². The Morgan fingerprint density at radius 1 is 1.25 bits per heavy atom. The fourth-order valence-corrected chi connectivity index (χ4v) is 2.31. The average molecular weight is 216 g/mol. The summed E-state index contributed by atoms with van der Waals surface area (Å²) in [4.78, 5) is 3.50. The maximum Gasteiger partial charge on any atom is 0.0488 e. The van der Waals surface area contributed by atoms with Gasteiger partial charge in [-0.3, -0.25) is 0 Å². The predicted molar refractivity (Wildman–Crippen MR) is 70.0 cm³/mol. The molecule has 2 nitrogen and oxygen atoms in total. The third-order valence-electron chi connectivity index (χ3n) is 3.22. The molecule has 0 saturated heterocycles. The van der Waals surface area contributed by atoms with Gasteiger partial charge in [0.15, 0.2) is 0 Å². The molecule has 0 spiro atoms. The van der Waals surface area contributed by atoms with Gasteiger partial charge < -0.3 is 10.3 Å². The Morgan fingerprint density at radius 2 is 2.06 bits per heavy atom. The molecule has 16 heavy (non-hydrogen) atoms. The molecular weight excluding hydrogens is 196 g/mol. The van der Waals surface area contributed by atoms with Crippen LogP contribution in [0.3, 0.4) is 0 Å². The number of H-pyrrole nitrogens is 1. The molecule has 0 aliphatic rings. The van der Waals surface area contributed by atoms with Crippen molar-refractivity contribution in [1.29, 1.82) is 0 Å². The summed E-state index contributed by atoms with van der Waals surface area (Å²) in [6, 6.07) is 6.53. The Bertz CT molecular complexity index is 483. The molecule has 2 N–H and O–H groups in total. The minimum Gasteiger partial charge on any atom is -0.358 e. The van der Waals surface area contributed by atoms with Crippen LogP contribution in [0.1, 0.15) is 23.2 Å². The van der Waals surface area contributed by atoms with Crippen molar-refractivity contribution in [1.82, 2.24) is 10.3 Å². The van der Waals surface area contributed by atoms with Gasteiger partial charge in [-0.05, 0) is 51.4 Å². The Balaban J connectivity index is 2.36. The number of aryl methyl sites for hydroxylation is 3. The van der Waals surface area contributed by atoms with E-state index >= 15 is 0 Å². The fourth-order valence-electron chi connectivity index (χ4n) is 2.31. The van der Waals surface area contributed by atoms with Crippen LogP contribution < -0.4 is 5.32 Å². The second-order valence-electron chi connectivity index (χ2n) is 4.43. The van der Waals surface area contributed by atoms with Crippen molar-refractivity contribution in [2.45, 2.75) is 26.7 Å². The van der Waals surface area contributed by atoms with Gasteiger partial charge in [0.2, 0.25) is 0 Å². The van der Waals surface area contributed by atoms with Crippen molar-refractivity contribution in [3.05, 3.63) is 35.0 Å². The second-order valence-corrected chi connectivity index (χ2v) is 4.43. The number of hydrogen-bond donors (Lipinski definition) is 2. The maximum absolute atomic E-state index is 3.50. The van der Waals surface area contributed by atoms with E-state index in [-0.39, 0.29) is 0 Å². The van der Waals surface area contributed by atoms with E-state index in [9.17, 15) is 0 Å². The number of benzene rings is 1. The minimum absolute atomic E-state index is 1.08. The normalized spacial score (nSPS) is 11.2. The summed E-state index contributed by atoms with van der Waals surface area (Å²) in [6.07, 6.45) is 2.34. The van der Waals surface area contributed by atoms with Crippen LogP contribution in [-0.2, 0) is 6.42 Å². The number of fused-ring (bicyclic) bond motifs is 1. The van der Waals surface area contributed by atoms with Crippen LogP contribution in [0.4, 0.5) is 0 Å². The van der Waals surface area contributed by atoms with Gasteiger partial charge in [0.25, 0.3) is 0 Å². The number of aromatic amines is 1. The van der Waals surface area contributed by atoms with E-state index in [1.165, 1.54) is 34.1 Å². The van der Waals surface area contributed by atoms with E-state index in [1.807, 2.05) is 7.05 Å². The van der Waals surface area contributed by atoms with Crippen molar-refractivity contribution < 1.29 is 0 Å². The lowest BCUT2D eigenvalue weighted by Gasteiger charge is -2.01. The summed E-state index contributed by atoms with van der Waals surface area (Å²) in [5, 5.41) is 4.60. The third-order valence-corrected chi connectivity index (χ3v) is 3.22. The zero-order valence-electron chi connectivity index (χ0n) is 10.4. The molecule has 0 saturated carbocycles. The minimum atomic E-state index is 1.08. The van der Waals surface area contributed by atoms with Gasteiger partial charge >= 0.3 is 0 Å². The number of aromatic nitrogens is 1. The molecule has 0 bridgehead atoms. The predicted octanol–water partition coefficient (Wildman–Crippen LogP) is 2.94. The van der Waals surface area contributed by atoms with Crippen molar-refractivity contribution in [2.75, 3.05) is 13.6 Å². The molecule has 0 aliphatic heterocycles. The molecule has 0 amide bonds. The van der Waals surface area contributed by atoms with Gasteiger partial charge in [-0.25, -0.2) is 0 Å². The first-order chi connectivity index (χ1) is 7.74. The molecule has 2 heteroatoms. The van der Waals surface area contributed by atoms with E-state index in [2.05, 4.69) is 42.3 Å². The van der Waals surface area contributed by atoms with Crippen molar-refractivity contribution in [2.24, 2.45) is 0 Å². The van der Waals surface area contributed by atoms with Crippen LogP contribution in [0.2, 0.25) is 0 Å². The lowest BCUT2D eigenvalue weighted by molar-refractivity contribution is 0.725. The van der Waals surface area contributed by atoms with E-state index in [4.69, 9.17) is 0 Å². The largest absolute Gasteiger partial charge is 0.358 e. The van der Waals surface area contributed by atoms with Gasteiger partial charge in [0, 0.05) is 16.6 Å². The standard InChI is InChI=1S/C14H20N2/c1-10-6-4-7-13-12(8-5-9-15-3)11(2)16-14(10)13/h4,6-7,15-16H,5,8-9H2,1-3H3. The first-order valence-corrected chi connectivity index (χ1v) is 5.95. The molecule has 1 heterocycles. The number of rotatable bonds is 4. The third kappa shape index (κ3) is 1.98. The highest BCUT2D eigenvalue weighted by Gasteiger charge is 2.08. The van der Waals surface area contributed by atoms with Gasteiger partial charge in [-0.1, -0.05) is 18.2 Å².